The van der Waals surface area contributed by atoms with Crippen LogP contribution in [0, 0.1) is 0 Å². The molecule has 7 heteroatoms. The molecule has 22 heavy (non-hydrogen) atoms. The van der Waals surface area contributed by atoms with Gasteiger partial charge in [0, 0.05) is 12.1 Å². The third kappa shape index (κ3) is 4.29. The van der Waals surface area contributed by atoms with Crippen LogP contribution in [0.1, 0.15) is 37.2 Å². The number of hydrogen-bond donors (Lipinski definition) is 2. The van der Waals surface area contributed by atoms with E-state index in [4.69, 9.17) is 5.73 Å². The van der Waals surface area contributed by atoms with Gasteiger partial charge in [0.05, 0.1) is 11.9 Å². The predicted octanol–water partition coefficient (Wildman–Crippen LogP) is 1.94. The van der Waals surface area contributed by atoms with E-state index in [1.165, 1.54) is 0 Å². The number of carbonyl (C=O) groups is 1. The van der Waals surface area contributed by atoms with E-state index in [0.29, 0.717) is 6.54 Å². The highest BCUT2D eigenvalue weighted by Crippen LogP contribution is 2.10. The van der Waals surface area contributed by atoms with Crippen molar-refractivity contribution in [3.63, 3.8) is 0 Å². The molecule has 0 fully saturated rings. The molecule has 0 unspecified atom stereocenters. The Kier molecular flexibility index (Phi) is 6.52. The number of para-hydroxylation sites is 1. The molecule has 0 atom stereocenters. The van der Waals surface area contributed by atoms with E-state index in [-0.39, 0.29) is 29.5 Å². The van der Waals surface area contributed by atoms with E-state index in [1.54, 1.807) is 10.9 Å². The molecule has 0 aliphatic heterocycles. The van der Waals surface area contributed by atoms with Crippen LogP contribution < -0.4 is 11.1 Å². The van der Waals surface area contributed by atoms with Crippen molar-refractivity contribution in [2.45, 2.75) is 32.2 Å². The number of nitrogens with two attached hydrogens (primary N) is 1. The topological polar surface area (TPSA) is 85.8 Å². The summed E-state index contributed by atoms with van der Waals surface area (Å²) in [5.74, 6) is -0.256. The molecule has 0 aliphatic rings. The Labute approximate surface area is 136 Å². The normalized spacial score (nSPS) is 10.9. The molecule has 0 spiro atoms. The van der Waals surface area contributed by atoms with Crippen LogP contribution in [0.15, 0.2) is 36.5 Å². The lowest BCUT2D eigenvalue weighted by Crippen LogP contribution is -2.49. The van der Waals surface area contributed by atoms with Crippen LogP contribution in [-0.4, -0.2) is 33.0 Å². The summed E-state index contributed by atoms with van der Waals surface area (Å²) in [5.41, 5.74) is 6.94. The van der Waals surface area contributed by atoms with Crippen LogP contribution in [0.2, 0.25) is 0 Å². The summed E-state index contributed by atoms with van der Waals surface area (Å²) in [6.07, 6.45) is 3.22. The molecule has 0 saturated heterocycles. The molecule has 0 aliphatic carbocycles. The zero-order chi connectivity index (χ0) is 15.3. The zero-order valence-electron chi connectivity index (χ0n) is 12.8. The monoisotopic (exact) mass is 323 g/mol. The Morgan fingerprint density at radius 1 is 1.27 bits per heavy atom. The SMILES string of the molecule is CCC(N)(CC)CNC(=O)c1cn(-c2ccccc2)nn1.Cl. The van der Waals surface area contributed by atoms with Gasteiger partial charge in [-0.15, -0.1) is 17.5 Å². The molecular weight excluding hydrogens is 302 g/mol. The van der Waals surface area contributed by atoms with Gasteiger partial charge in [-0.3, -0.25) is 4.79 Å². The minimum absolute atomic E-state index is 0. The van der Waals surface area contributed by atoms with E-state index >= 15 is 0 Å². The number of halogens is 1. The lowest BCUT2D eigenvalue weighted by atomic mass is 9.94. The molecule has 1 heterocycles. The maximum Gasteiger partial charge on any atom is 0.273 e. The summed E-state index contributed by atoms with van der Waals surface area (Å²) in [7, 11) is 0. The van der Waals surface area contributed by atoms with Crippen LogP contribution in [0.5, 0.6) is 0 Å². The molecule has 1 amide bonds. The fraction of sp³-hybridized carbons (Fsp3) is 0.400. The van der Waals surface area contributed by atoms with Crippen molar-refractivity contribution in [2.24, 2.45) is 5.73 Å². The van der Waals surface area contributed by atoms with Crippen molar-refractivity contribution in [3.05, 3.63) is 42.2 Å². The molecule has 0 saturated carbocycles. The quantitative estimate of drug-likeness (QED) is 0.850. The zero-order valence-corrected chi connectivity index (χ0v) is 13.6. The summed E-state index contributed by atoms with van der Waals surface area (Å²) in [6.45, 7) is 4.46. The first-order valence-corrected chi connectivity index (χ1v) is 7.13. The average molecular weight is 324 g/mol. The fourth-order valence-corrected chi connectivity index (χ4v) is 1.92. The first-order valence-electron chi connectivity index (χ1n) is 7.13. The molecule has 1 aromatic carbocycles. The summed E-state index contributed by atoms with van der Waals surface area (Å²) in [6, 6.07) is 9.53. The highest BCUT2D eigenvalue weighted by atomic mass is 35.5. The largest absolute Gasteiger partial charge is 0.349 e. The van der Waals surface area contributed by atoms with Crippen LogP contribution in [-0.2, 0) is 0 Å². The number of benzene rings is 1. The number of hydrogen-bond acceptors (Lipinski definition) is 4. The van der Waals surface area contributed by atoms with Crippen molar-refractivity contribution < 1.29 is 4.79 Å². The van der Waals surface area contributed by atoms with Crippen LogP contribution in [0.3, 0.4) is 0 Å². The number of amides is 1. The molecule has 6 nitrogen and oxygen atoms in total. The van der Waals surface area contributed by atoms with Gasteiger partial charge in [-0.2, -0.15) is 0 Å². The number of nitrogens with one attached hydrogen (secondary N) is 1. The summed E-state index contributed by atoms with van der Waals surface area (Å²) >= 11 is 0. The number of aromatic nitrogens is 3. The molecule has 0 radical (unpaired) electrons. The third-order valence-electron chi connectivity index (χ3n) is 3.76. The lowest BCUT2D eigenvalue weighted by Gasteiger charge is -2.26. The number of nitrogens with zero attached hydrogens (tertiary/aromatic N) is 3. The highest BCUT2D eigenvalue weighted by Gasteiger charge is 2.22. The Morgan fingerprint density at radius 3 is 2.50 bits per heavy atom. The van der Waals surface area contributed by atoms with Crippen molar-refractivity contribution in [3.8, 4) is 5.69 Å². The second-order valence-electron chi connectivity index (χ2n) is 5.14. The van der Waals surface area contributed by atoms with Gasteiger partial charge in [-0.1, -0.05) is 37.3 Å². The Hall–Kier alpha value is -1.92. The third-order valence-corrected chi connectivity index (χ3v) is 3.76. The van der Waals surface area contributed by atoms with Crippen molar-refractivity contribution in [2.75, 3.05) is 6.54 Å². The minimum atomic E-state index is -0.370. The predicted molar refractivity (Wildman–Crippen MR) is 88.4 cm³/mol. The van der Waals surface area contributed by atoms with Gasteiger partial charge in [0.25, 0.3) is 5.91 Å². The van der Waals surface area contributed by atoms with E-state index < -0.39 is 0 Å². The van der Waals surface area contributed by atoms with E-state index in [1.807, 2.05) is 44.2 Å². The second kappa shape index (κ2) is 7.91. The molecule has 1 aromatic heterocycles. The molecule has 2 aromatic rings. The van der Waals surface area contributed by atoms with E-state index in [0.717, 1.165) is 18.5 Å². The Morgan fingerprint density at radius 2 is 1.91 bits per heavy atom. The first-order chi connectivity index (χ1) is 10.1. The van der Waals surface area contributed by atoms with Crippen molar-refractivity contribution in [1.82, 2.24) is 20.3 Å². The van der Waals surface area contributed by atoms with Gasteiger partial charge in [-0.25, -0.2) is 4.68 Å². The summed E-state index contributed by atoms with van der Waals surface area (Å²) in [5, 5.41) is 10.7. The molecule has 2 rings (SSSR count). The van der Waals surface area contributed by atoms with Gasteiger partial charge in [0.15, 0.2) is 5.69 Å². The summed E-state index contributed by atoms with van der Waals surface area (Å²) in [4.78, 5) is 12.1. The maximum atomic E-state index is 12.1. The Balaban J connectivity index is 0.00000242. The number of rotatable bonds is 6. The van der Waals surface area contributed by atoms with Gasteiger partial charge in [0.1, 0.15) is 0 Å². The highest BCUT2D eigenvalue weighted by molar-refractivity contribution is 5.91. The van der Waals surface area contributed by atoms with E-state index in [2.05, 4.69) is 15.6 Å². The molecule has 120 valence electrons. The van der Waals surface area contributed by atoms with Gasteiger partial charge in [0.2, 0.25) is 0 Å². The van der Waals surface area contributed by atoms with Crippen LogP contribution >= 0.6 is 12.4 Å². The van der Waals surface area contributed by atoms with Gasteiger partial charge < -0.3 is 11.1 Å². The van der Waals surface area contributed by atoms with Crippen molar-refractivity contribution >= 4 is 18.3 Å². The lowest BCUT2D eigenvalue weighted by molar-refractivity contribution is 0.0937. The van der Waals surface area contributed by atoms with Crippen LogP contribution in [0.4, 0.5) is 0 Å². The smallest absolute Gasteiger partial charge is 0.273 e. The second-order valence-corrected chi connectivity index (χ2v) is 5.14. The maximum absolute atomic E-state index is 12.1. The van der Waals surface area contributed by atoms with E-state index in [9.17, 15) is 4.79 Å². The summed E-state index contributed by atoms with van der Waals surface area (Å²) < 4.78 is 1.57. The number of carbonyl (C=O) groups excluding carboxylic acids is 1. The first kappa shape index (κ1) is 18.1. The van der Waals surface area contributed by atoms with Gasteiger partial charge in [-0.05, 0) is 25.0 Å². The molecule has 3 N–H and O–H groups in total. The van der Waals surface area contributed by atoms with Gasteiger partial charge >= 0.3 is 0 Å². The van der Waals surface area contributed by atoms with Crippen molar-refractivity contribution in [1.29, 1.82) is 0 Å². The minimum Gasteiger partial charge on any atom is -0.349 e. The Bertz CT molecular complexity index is 595. The standard InChI is InChI=1S/C15H21N5O.ClH/c1-3-15(16,4-2)11-17-14(21)13-10-20(19-18-13)12-8-6-5-7-9-12;/h5-10H,3-4,11,16H2,1-2H3,(H,17,21);1H. The molecular formula is C15H22ClN5O. The van der Waals surface area contributed by atoms with Crippen LogP contribution in [0.25, 0.3) is 5.69 Å². The molecule has 0 bridgehead atoms. The fourth-order valence-electron chi connectivity index (χ4n) is 1.92. The average Bonchev–Trinajstić information content (AvgIpc) is 3.03.